The zero-order chi connectivity index (χ0) is 14.7. The summed E-state index contributed by atoms with van der Waals surface area (Å²) in [5.74, 6) is -0.320. The summed E-state index contributed by atoms with van der Waals surface area (Å²) < 4.78 is 0. The van der Waals surface area contributed by atoms with Gasteiger partial charge in [-0.3, -0.25) is 4.79 Å². The molecule has 1 aromatic carbocycles. The van der Waals surface area contributed by atoms with E-state index in [4.69, 9.17) is 22.6 Å². The first-order valence-corrected chi connectivity index (χ1v) is 6.10. The van der Waals surface area contributed by atoms with Gasteiger partial charge in [-0.25, -0.2) is 4.98 Å². The standard InChI is InChI=1S/C14H11ClN4O/c1-19(11-4-2-9(7-16)3-5-11)14(20)12-6-10(17)8-18-13(12)15/h2-6,8H,17H2,1H3. The SMILES string of the molecule is CN(C(=O)c1cc(N)cnc1Cl)c1ccc(C#N)cc1. The zero-order valence-corrected chi connectivity index (χ0v) is 11.4. The molecule has 0 radical (unpaired) electrons. The van der Waals surface area contributed by atoms with Crippen LogP contribution in [0.4, 0.5) is 11.4 Å². The summed E-state index contributed by atoms with van der Waals surface area (Å²) in [4.78, 5) is 17.6. The molecule has 0 saturated carbocycles. The van der Waals surface area contributed by atoms with Crippen LogP contribution in [0.25, 0.3) is 0 Å². The van der Waals surface area contributed by atoms with Crippen LogP contribution >= 0.6 is 11.6 Å². The number of anilines is 2. The molecule has 1 aromatic heterocycles. The molecule has 2 rings (SSSR count). The van der Waals surface area contributed by atoms with Gasteiger partial charge in [0.15, 0.2) is 0 Å². The number of benzene rings is 1. The highest BCUT2D eigenvalue weighted by Crippen LogP contribution is 2.21. The molecule has 0 saturated heterocycles. The minimum Gasteiger partial charge on any atom is -0.397 e. The van der Waals surface area contributed by atoms with E-state index in [0.29, 0.717) is 16.9 Å². The summed E-state index contributed by atoms with van der Waals surface area (Å²) in [7, 11) is 1.61. The van der Waals surface area contributed by atoms with Gasteiger partial charge in [-0.2, -0.15) is 5.26 Å². The normalized spacial score (nSPS) is 9.85. The van der Waals surface area contributed by atoms with Crippen LogP contribution in [0.15, 0.2) is 36.5 Å². The number of nitrogen functional groups attached to an aromatic ring is 1. The first-order valence-electron chi connectivity index (χ1n) is 5.72. The van der Waals surface area contributed by atoms with E-state index in [1.807, 2.05) is 6.07 Å². The second-order valence-electron chi connectivity index (χ2n) is 4.13. The van der Waals surface area contributed by atoms with Crippen molar-refractivity contribution in [1.29, 1.82) is 5.26 Å². The molecule has 2 N–H and O–H groups in total. The fourth-order valence-corrected chi connectivity index (χ4v) is 1.86. The molecule has 0 aliphatic heterocycles. The predicted octanol–water partition coefficient (Wildman–Crippen LogP) is 2.47. The van der Waals surface area contributed by atoms with E-state index in [0.717, 1.165) is 0 Å². The lowest BCUT2D eigenvalue weighted by Crippen LogP contribution is -2.26. The number of nitrogens with zero attached hydrogens (tertiary/aromatic N) is 3. The van der Waals surface area contributed by atoms with Gasteiger partial charge in [-0.15, -0.1) is 0 Å². The Morgan fingerprint density at radius 2 is 2.05 bits per heavy atom. The van der Waals surface area contributed by atoms with Gasteiger partial charge in [-0.05, 0) is 30.3 Å². The summed E-state index contributed by atoms with van der Waals surface area (Å²) in [5.41, 5.74) is 7.39. The topological polar surface area (TPSA) is 83.0 Å². The second-order valence-corrected chi connectivity index (χ2v) is 4.49. The highest BCUT2D eigenvalue weighted by molar-refractivity contribution is 6.33. The second kappa shape index (κ2) is 5.59. The number of hydrogen-bond donors (Lipinski definition) is 1. The molecule has 0 atom stereocenters. The van der Waals surface area contributed by atoms with Crippen molar-refractivity contribution >= 4 is 28.9 Å². The molecule has 1 amide bonds. The Balaban J connectivity index is 2.32. The fourth-order valence-electron chi connectivity index (χ4n) is 1.67. The van der Waals surface area contributed by atoms with E-state index in [9.17, 15) is 4.79 Å². The van der Waals surface area contributed by atoms with Crippen LogP contribution in [0.1, 0.15) is 15.9 Å². The molecule has 0 spiro atoms. The number of amides is 1. The van der Waals surface area contributed by atoms with E-state index >= 15 is 0 Å². The van der Waals surface area contributed by atoms with Crippen molar-refractivity contribution in [2.75, 3.05) is 17.7 Å². The van der Waals surface area contributed by atoms with Crippen molar-refractivity contribution in [2.45, 2.75) is 0 Å². The van der Waals surface area contributed by atoms with Gasteiger partial charge in [-0.1, -0.05) is 11.6 Å². The lowest BCUT2D eigenvalue weighted by molar-refractivity contribution is 0.0993. The van der Waals surface area contributed by atoms with Gasteiger partial charge in [0.2, 0.25) is 0 Å². The predicted molar refractivity (Wildman–Crippen MR) is 77.5 cm³/mol. The maximum Gasteiger partial charge on any atom is 0.261 e. The first kappa shape index (κ1) is 13.8. The van der Waals surface area contributed by atoms with Gasteiger partial charge in [0, 0.05) is 12.7 Å². The average Bonchev–Trinajstić information content (AvgIpc) is 2.48. The van der Waals surface area contributed by atoms with Crippen LogP contribution in [-0.4, -0.2) is 17.9 Å². The van der Waals surface area contributed by atoms with E-state index in [1.165, 1.54) is 17.2 Å². The molecule has 0 fully saturated rings. The van der Waals surface area contributed by atoms with Gasteiger partial charge in [0.25, 0.3) is 5.91 Å². The molecule has 2 aromatic rings. The highest BCUT2D eigenvalue weighted by Gasteiger charge is 2.17. The Morgan fingerprint density at radius 3 is 2.65 bits per heavy atom. The molecule has 0 aliphatic rings. The van der Waals surface area contributed by atoms with Crippen molar-refractivity contribution < 1.29 is 4.79 Å². The number of nitrogens with two attached hydrogens (primary N) is 1. The smallest absolute Gasteiger partial charge is 0.261 e. The van der Waals surface area contributed by atoms with E-state index in [-0.39, 0.29) is 16.6 Å². The largest absolute Gasteiger partial charge is 0.397 e. The third-order valence-corrected chi connectivity index (χ3v) is 3.08. The Morgan fingerprint density at radius 1 is 1.40 bits per heavy atom. The van der Waals surface area contributed by atoms with Crippen molar-refractivity contribution in [2.24, 2.45) is 0 Å². The lowest BCUT2D eigenvalue weighted by Gasteiger charge is -2.18. The maximum atomic E-state index is 12.4. The quantitative estimate of drug-likeness (QED) is 0.860. The summed E-state index contributed by atoms with van der Waals surface area (Å²) >= 11 is 5.91. The van der Waals surface area contributed by atoms with Crippen molar-refractivity contribution in [3.63, 3.8) is 0 Å². The number of carbonyl (C=O) groups excluding carboxylic acids is 1. The van der Waals surface area contributed by atoms with Crippen LogP contribution in [0.2, 0.25) is 5.15 Å². The third kappa shape index (κ3) is 2.71. The molecule has 100 valence electrons. The molecule has 0 aliphatic carbocycles. The number of pyridine rings is 1. The number of nitriles is 1. The Kier molecular flexibility index (Phi) is 3.87. The van der Waals surface area contributed by atoms with E-state index < -0.39 is 0 Å². The van der Waals surface area contributed by atoms with Gasteiger partial charge < -0.3 is 10.6 Å². The molecular formula is C14H11ClN4O. The Bertz CT molecular complexity index is 691. The van der Waals surface area contributed by atoms with Crippen molar-refractivity contribution in [1.82, 2.24) is 4.98 Å². The lowest BCUT2D eigenvalue weighted by atomic mass is 10.2. The molecule has 0 unspecified atom stereocenters. The summed E-state index contributed by atoms with van der Waals surface area (Å²) in [5, 5.41) is 8.85. The summed E-state index contributed by atoms with van der Waals surface area (Å²) in [6.07, 6.45) is 1.39. The first-order chi connectivity index (χ1) is 9.52. The number of halogens is 1. The Labute approximate surface area is 121 Å². The highest BCUT2D eigenvalue weighted by atomic mass is 35.5. The van der Waals surface area contributed by atoms with Crippen LogP contribution < -0.4 is 10.6 Å². The van der Waals surface area contributed by atoms with Crippen LogP contribution in [0.5, 0.6) is 0 Å². The van der Waals surface area contributed by atoms with E-state index in [1.54, 1.807) is 31.3 Å². The van der Waals surface area contributed by atoms with Gasteiger partial charge in [0.1, 0.15) is 5.15 Å². The summed E-state index contributed by atoms with van der Waals surface area (Å²) in [6.45, 7) is 0. The molecular weight excluding hydrogens is 276 g/mol. The Hall–Kier alpha value is -2.58. The monoisotopic (exact) mass is 286 g/mol. The van der Waals surface area contributed by atoms with Crippen LogP contribution in [0.3, 0.4) is 0 Å². The minimum atomic E-state index is -0.320. The molecule has 20 heavy (non-hydrogen) atoms. The summed E-state index contributed by atoms with van der Waals surface area (Å²) in [6, 6.07) is 10.1. The van der Waals surface area contributed by atoms with E-state index in [2.05, 4.69) is 4.98 Å². The molecule has 5 nitrogen and oxygen atoms in total. The third-order valence-electron chi connectivity index (χ3n) is 2.78. The molecule has 1 heterocycles. The van der Waals surface area contributed by atoms with Crippen LogP contribution in [0, 0.1) is 11.3 Å². The number of hydrogen-bond acceptors (Lipinski definition) is 4. The van der Waals surface area contributed by atoms with Crippen molar-refractivity contribution in [3.05, 3.63) is 52.8 Å². The zero-order valence-electron chi connectivity index (χ0n) is 10.7. The maximum absolute atomic E-state index is 12.4. The van der Waals surface area contributed by atoms with Crippen LogP contribution in [-0.2, 0) is 0 Å². The average molecular weight is 287 g/mol. The molecule has 6 heteroatoms. The van der Waals surface area contributed by atoms with Gasteiger partial charge >= 0.3 is 0 Å². The number of rotatable bonds is 2. The van der Waals surface area contributed by atoms with Gasteiger partial charge in [0.05, 0.1) is 29.1 Å². The number of aromatic nitrogens is 1. The minimum absolute atomic E-state index is 0.102. The number of carbonyl (C=O) groups is 1. The van der Waals surface area contributed by atoms with Crippen molar-refractivity contribution in [3.8, 4) is 6.07 Å². The molecule has 0 bridgehead atoms. The fraction of sp³-hybridized carbons (Fsp3) is 0.0714.